The lowest BCUT2D eigenvalue weighted by atomic mass is 9.96. The van der Waals surface area contributed by atoms with Gasteiger partial charge in [0.2, 0.25) is 5.91 Å². The Morgan fingerprint density at radius 1 is 1.13 bits per heavy atom. The molecule has 0 bridgehead atoms. The van der Waals surface area contributed by atoms with E-state index in [-0.39, 0.29) is 24.4 Å². The summed E-state index contributed by atoms with van der Waals surface area (Å²) in [6.45, 7) is 4.06. The Hall–Kier alpha value is -1.90. The van der Waals surface area contributed by atoms with Crippen molar-refractivity contribution in [3.8, 4) is 5.75 Å². The molecule has 2 atom stereocenters. The number of benzene rings is 1. The number of carbonyl (C=O) groups is 1. The molecule has 0 N–H and O–H groups in total. The number of ether oxygens (including phenoxy) is 1. The quantitative estimate of drug-likeness (QED) is 0.672. The molecule has 0 radical (unpaired) electrons. The number of thiophene rings is 1. The molecule has 2 fully saturated rings. The lowest BCUT2D eigenvalue weighted by Gasteiger charge is -2.35. The average molecular weight is 449 g/mol. The molecule has 6 nitrogen and oxygen atoms in total. The van der Waals surface area contributed by atoms with Gasteiger partial charge in [-0.1, -0.05) is 18.2 Å². The van der Waals surface area contributed by atoms with Gasteiger partial charge in [0.25, 0.3) is 10.0 Å². The first-order chi connectivity index (χ1) is 14.5. The van der Waals surface area contributed by atoms with E-state index in [1.165, 1.54) is 15.6 Å². The predicted octanol–water partition coefficient (Wildman–Crippen LogP) is 3.91. The van der Waals surface area contributed by atoms with Crippen molar-refractivity contribution in [1.82, 2.24) is 9.21 Å². The summed E-state index contributed by atoms with van der Waals surface area (Å²) in [5.74, 6) is 0.632. The maximum Gasteiger partial charge on any atom is 0.252 e. The van der Waals surface area contributed by atoms with Crippen LogP contribution in [0.25, 0.3) is 0 Å². The number of carbonyl (C=O) groups excluding carboxylic acids is 1. The van der Waals surface area contributed by atoms with Crippen molar-refractivity contribution in [2.45, 2.75) is 42.9 Å². The molecule has 2 unspecified atom stereocenters. The maximum atomic E-state index is 13.4. The van der Waals surface area contributed by atoms with E-state index in [1.807, 2.05) is 36.1 Å². The van der Waals surface area contributed by atoms with Crippen molar-refractivity contribution in [2.24, 2.45) is 5.92 Å². The van der Waals surface area contributed by atoms with Crippen LogP contribution in [0.5, 0.6) is 5.75 Å². The zero-order chi connectivity index (χ0) is 21.1. The maximum absolute atomic E-state index is 13.4. The minimum atomic E-state index is -3.52. The van der Waals surface area contributed by atoms with Gasteiger partial charge in [0.05, 0.1) is 18.6 Å². The zero-order valence-electron chi connectivity index (χ0n) is 17.2. The molecular formula is C22H28N2O4S2. The lowest BCUT2D eigenvalue weighted by molar-refractivity contribution is -0.137. The van der Waals surface area contributed by atoms with Crippen LogP contribution in [-0.2, 0) is 14.8 Å². The number of sulfonamides is 1. The molecule has 0 aliphatic carbocycles. The third-order valence-electron chi connectivity index (χ3n) is 5.93. The van der Waals surface area contributed by atoms with Gasteiger partial charge in [-0.05, 0) is 61.7 Å². The van der Waals surface area contributed by atoms with E-state index in [2.05, 4.69) is 0 Å². The highest BCUT2D eigenvalue weighted by Crippen LogP contribution is 2.36. The summed E-state index contributed by atoms with van der Waals surface area (Å²) in [5.41, 5.74) is 1.11. The van der Waals surface area contributed by atoms with Gasteiger partial charge in [-0.3, -0.25) is 4.79 Å². The number of hydrogen-bond acceptors (Lipinski definition) is 5. The van der Waals surface area contributed by atoms with E-state index in [0.717, 1.165) is 37.1 Å². The van der Waals surface area contributed by atoms with Crippen LogP contribution in [0.1, 0.15) is 44.2 Å². The van der Waals surface area contributed by atoms with Gasteiger partial charge >= 0.3 is 0 Å². The molecule has 2 saturated heterocycles. The van der Waals surface area contributed by atoms with Crippen molar-refractivity contribution < 1.29 is 17.9 Å². The van der Waals surface area contributed by atoms with Crippen molar-refractivity contribution in [1.29, 1.82) is 0 Å². The molecule has 0 spiro atoms. The third-order valence-corrected chi connectivity index (χ3v) is 9.17. The van der Waals surface area contributed by atoms with E-state index in [9.17, 15) is 13.2 Å². The third kappa shape index (κ3) is 4.26. The standard InChI is InChI=1S/C22H28N2O4S2/c1-2-28-19-11-9-17(10-12-19)20-7-4-14-24(20)22(25)18-6-3-13-23(16-18)30(26,27)21-8-5-15-29-21/h5,8-12,15,18,20H,2-4,6-7,13-14,16H2,1H3. The van der Waals surface area contributed by atoms with E-state index in [4.69, 9.17) is 4.74 Å². The highest BCUT2D eigenvalue weighted by Gasteiger charge is 2.38. The van der Waals surface area contributed by atoms with E-state index in [1.54, 1.807) is 17.5 Å². The summed E-state index contributed by atoms with van der Waals surface area (Å²) >= 11 is 1.23. The van der Waals surface area contributed by atoms with E-state index in [0.29, 0.717) is 23.8 Å². The number of likely N-dealkylation sites (tertiary alicyclic amines) is 1. The molecule has 4 rings (SSSR count). The Morgan fingerprint density at radius 3 is 2.60 bits per heavy atom. The Kier molecular flexibility index (Phi) is 6.46. The molecule has 0 saturated carbocycles. The van der Waals surface area contributed by atoms with Gasteiger partial charge in [-0.15, -0.1) is 11.3 Å². The second kappa shape index (κ2) is 9.08. The molecule has 30 heavy (non-hydrogen) atoms. The minimum absolute atomic E-state index is 0.0532. The zero-order valence-corrected chi connectivity index (χ0v) is 18.8. The summed E-state index contributed by atoms with van der Waals surface area (Å²) in [6.07, 6.45) is 3.35. The fraction of sp³-hybridized carbons (Fsp3) is 0.500. The van der Waals surface area contributed by atoms with Crippen LogP contribution in [0.3, 0.4) is 0 Å². The molecule has 2 aliphatic heterocycles. The number of nitrogens with zero attached hydrogens (tertiary/aromatic N) is 2. The second-order valence-electron chi connectivity index (χ2n) is 7.83. The monoisotopic (exact) mass is 448 g/mol. The van der Waals surface area contributed by atoms with Gasteiger partial charge in [0, 0.05) is 19.6 Å². The van der Waals surface area contributed by atoms with Crippen LogP contribution in [0, 0.1) is 5.92 Å². The molecule has 3 heterocycles. The van der Waals surface area contributed by atoms with Crippen LogP contribution in [-0.4, -0.2) is 49.8 Å². The van der Waals surface area contributed by atoms with Crippen molar-refractivity contribution >= 4 is 27.3 Å². The Bertz CT molecular complexity index is 958. The van der Waals surface area contributed by atoms with E-state index < -0.39 is 10.0 Å². The largest absolute Gasteiger partial charge is 0.494 e. The molecule has 1 amide bonds. The normalized spacial score (nSPS) is 22.9. The topological polar surface area (TPSA) is 66.9 Å². The summed E-state index contributed by atoms with van der Waals surface area (Å²) in [6, 6.07) is 11.4. The fourth-order valence-electron chi connectivity index (χ4n) is 4.46. The lowest BCUT2D eigenvalue weighted by Crippen LogP contribution is -2.46. The first-order valence-electron chi connectivity index (χ1n) is 10.6. The fourth-order valence-corrected chi connectivity index (χ4v) is 7.13. The van der Waals surface area contributed by atoms with Crippen molar-refractivity contribution in [3.05, 3.63) is 47.3 Å². The summed E-state index contributed by atoms with van der Waals surface area (Å²) < 4.78 is 33.2. The highest BCUT2D eigenvalue weighted by molar-refractivity contribution is 7.91. The first-order valence-corrected chi connectivity index (χ1v) is 12.9. The smallest absolute Gasteiger partial charge is 0.252 e. The minimum Gasteiger partial charge on any atom is -0.494 e. The second-order valence-corrected chi connectivity index (χ2v) is 10.9. The first kappa shape index (κ1) is 21.3. The molecule has 1 aromatic carbocycles. The van der Waals surface area contributed by atoms with Crippen LogP contribution in [0.2, 0.25) is 0 Å². The number of amides is 1. The highest BCUT2D eigenvalue weighted by atomic mass is 32.2. The number of rotatable bonds is 6. The van der Waals surface area contributed by atoms with Gasteiger partial charge in [-0.2, -0.15) is 4.31 Å². The van der Waals surface area contributed by atoms with Gasteiger partial charge in [-0.25, -0.2) is 8.42 Å². The van der Waals surface area contributed by atoms with Crippen LogP contribution < -0.4 is 4.74 Å². The van der Waals surface area contributed by atoms with Gasteiger partial charge < -0.3 is 9.64 Å². The SMILES string of the molecule is CCOc1ccc(C2CCCN2C(=O)C2CCCN(S(=O)(=O)c3cccs3)C2)cc1. The Balaban J connectivity index is 1.47. The molecule has 162 valence electrons. The van der Waals surface area contributed by atoms with Crippen molar-refractivity contribution in [2.75, 3.05) is 26.2 Å². The molecule has 8 heteroatoms. The number of hydrogen-bond donors (Lipinski definition) is 0. The summed E-state index contributed by atoms with van der Waals surface area (Å²) in [7, 11) is -3.52. The van der Waals surface area contributed by atoms with Gasteiger partial charge in [0.1, 0.15) is 9.96 Å². The average Bonchev–Trinajstić information content (AvgIpc) is 3.47. The molecule has 2 aliphatic rings. The molecular weight excluding hydrogens is 420 g/mol. The molecule has 1 aromatic heterocycles. The van der Waals surface area contributed by atoms with E-state index >= 15 is 0 Å². The van der Waals surface area contributed by atoms with Crippen LogP contribution >= 0.6 is 11.3 Å². The summed E-state index contributed by atoms with van der Waals surface area (Å²) in [4.78, 5) is 15.4. The van der Waals surface area contributed by atoms with Gasteiger partial charge in [0.15, 0.2) is 0 Å². The van der Waals surface area contributed by atoms with Crippen LogP contribution in [0.15, 0.2) is 46.0 Å². The van der Waals surface area contributed by atoms with Crippen LogP contribution in [0.4, 0.5) is 0 Å². The van der Waals surface area contributed by atoms with Crippen molar-refractivity contribution in [3.63, 3.8) is 0 Å². The molecule has 2 aromatic rings. The predicted molar refractivity (Wildman–Crippen MR) is 117 cm³/mol. The number of piperidine rings is 1. The Morgan fingerprint density at radius 2 is 1.90 bits per heavy atom. The Labute approximate surface area is 182 Å². The summed E-state index contributed by atoms with van der Waals surface area (Å²) in [5, 5.41) is 1.77.